The second-order valence-corrected chi connectivity index (χ2v) is 4.41. The number of aryl methyl sites for hydroxylation is 1. The van der Waals surface area contributed by atoms with Gasteiger partial charge in [-0.2, -0.15) is 0 Å². The van der Waals surface area contributed by atoms with Crippen LogP contribution in [0.5, 0.6) is 5.75 Å². The predicted octanol–water partition coefficient (Wildman–Crippen LogP) is 2.99. The second kappa shape index (κ2) is 3.99. The molecule has 3 rings (SSSR count). The highest BCUT2D eigenvalue weighted by atomic mass is 35.5. The molecular formula is C13H10ClN3O. The fourth-order valence-corrected chi connectivity index (χ4v) is 2.15. The first-order valence-corrected chi connectivity index (χ1v) is 5.81. The minimum atomic E-state index is 0.161. The van der Waals surface area contributed by atoms with Crippen molar-refractivity contribution in [2.24, 2.45) is 7.05 Å². The Hall–Kier alpha value is -2.07. The summed E-state index contributed by atoms with van der Waals surface area (Å²) >= 11 is 6.15. The Labute approximate surface area is 108 Å². The zero-order valence-electron chi connectivity index (χ0n) is 9.63. The number of pyridine rings is 1. The number of phenols is 1. The molecular weight excluding hydrogens is 250 g/mol. The van der Waals surface area contributed by atoms with Gasteiger partial charge in [-0.1, -0.05) is 11.6 Å². The van der Waals surface area contributed by atoms with Crippen LogP contribution in [-0.4, -0.2) is 19.6 Å². The number of benzene rings is 1. The van der Waals surface area contributed by atoms with Crippen LogP contribution in [0.15, 0.2) is 36.5 Å². The van der Waals surface area contributed by atoms with Gasteiger partial charge in [0.15, 0.2) is 5.65 Å². The van der Waals surface area contributed by atoms with Gasteiger partial charge < -0.3 is 9.67 Å². The van der Waals surface area contributed by atoms with Crippen molar-refractivity contribution in [2.45, 2.75) is 0 Å². The van der Waals surface area contributed by atoms with E-state index in [9.17, 15) is 5.11 Å². The molecule has 2 heterocycles. The van der Waals surface area contributed by atoms with Gasteiger partial charge >= 0.3 is 0 Å². The summed E-state index contributed by atoms with van der Waals surface area (Å²) in [7, 11) is 1.87. The fraction of sp³-hybridized carbons (Fsp3) is 0.0769. The van der Waals surface area contributed by atoms with Crippen molar-refractivity contribution in [3.63, 3.8) is 0 Å². The Balaban J connectivity index is 2.31. The maximum atomic E-state index is 9.55. The lowest BCUT2D eigenvalue weighted by Gasteiger charge is -2.04. The number of aromatic nitrogens is 3. The number of hydrogen-bond acceptors (Lipinski definition) is 3. The van der Waals surface area contributed by atoms with Crippen LogP contribution in [0.1, 0.15) is 0 Å². The van der Waals surface area contributed by atoms with Crippen LogP contribution < -0.4 is 0 Å². The Kier molecular flexibility index (Phi) is 2.45. The molecule has 1 N–H and O–H groups in total. The van der Waals surface area contributed by atoms with Gasteiger partial charge in [0.25, 0.3) is 0 Å². The fourth-order valence-electron chi connectivity index (χ4n) is 1.95. The zero-order chi connectivity index (χ0) is 12.7. The van der Waals surface area contributed by atoms with Crippen molar-refractivity contribution in [1.29, 1.82) is 0 Å². The number of hydrogen-bond donors (Lipinski definition) is 1. The van der Waals surface area contributed by atoms with Gasteiger partial charge in [0.2, 0.25) is 0 Å². The quantitative estimate of drug-likeness (QED) is 0.731. The lowest BCUT2D eigenvalue weighted by molar-refractivity contribution is 0.475. The van der Waals surface area contributed by atoms with Gasteiger partial charge in [0, 0.05) is 18.8 Å². The van der Waals surface area contributed by atoms with Crippen LogP contribution in [-0.2, 0) is 7.05 Å². The van der Waals surface area contributed by atoms with Crippen LogP contribution >= 0.6 is 11.6 Å². The third kappa shape index (κ3) is 1.62. The molecule has 0 bridgehead atoms. The van der Waals surface area contributed by atoms with Gasteiger partial charge in [0.05, 0.1) is 5.02 Å². The standard InChI is InChI=1S/C13H10ClN3O/c1-17-12(9-7-8(18)4-5-10(9)14)16-11-3-2-6-15-13(11)17/h2-7,18H,1H3. The molecule has 4 nitrogen and oxygen atoms in total. The van der Waals surface area contributed by atoms with E-state index in [4.69, 9.17) is 11.6 Å². The third-order valence-electron chi connectivity index (χ3n) is 2.82. The van der Waals surface area contributed by atoms with Crippen molar-refractivity contribution in [1.82, 2.24) is 14.5 Å². The molecule has 0 atom stereocenters. The average Bonchev–Trinajstić information content (AvgIpc) is 2.71. The molecule has 1 aromatic carbocycles. The van der Waals surface area contributed by atoms with Gasteiger partial charge in [-0.05, 0) is 30.3 Å². The van der Waals surface area contributed by atoms with E-state index in [1.807, 2.05) is 23.7 Å². The average molecular weight is 260 g/mol. The van der Waals surface area contributed by atoms with Crippen molar-refractivity contribution >= 4 is 22.8 Å². The number of nitrogens with zero attached hydrogens (tertiary/aromatic N) is 3. The van der Waals surface area contributed by atoms with E-state index in [0.717, 1.165) is 11.2 Å². The van der Waals surface area contributed by atoms with Crippen LogP contribution in [0, 0.1) is 0 Å². The number of fused-ring (bicyclic) bond motifs is 1. The highest BCUT2D eigenvalue weighted by molar-refractivity contribution is 6.33. The Morgan fingerprint density at radius 2 is 2.11 bits per heavy atom. The Morgan fingerprint density at radius 1 is 1.28 bits per heavy atom. The summed E-state index contributed by atoms with van der Waals surface area (Å²) in [6, 6.07) is 8.53. The molecule has 0 saturated heterocycles. The Morgan fingerprint density at radius 3 is 2.89 bits per heavy atom. The van der Waals surface area contributed by atoms with E-state index < -0.39 is 0 Å². The molecule has 3 aromatic rings. The summed E-state index contributed by atoms with van der Waals surface area (Å²) in [5.74, 6) is 0.846. The second-order valence-electron chi connectivity index (χ2n) is 4.00. The molecule has 0 unspecified atom stereocenters. The summed E-state index contributed by atoms with van der Waals surface area (Å²) in [6.45, 7) is 0. The predicted molar refractivity (Wildman–Crippen MR) is 70.6 cm³/mol. The van der Waals surface area contributed by atoms with Gasteiger partial charge in [-0.25, -0.2) is 9.97 Å². The van der Waals surface area contributed by atoms with Crippen molar-refractivity contribution in [3.05, 3.63) is 41.6 Å². The van der Waals surface area contributed by atoms with Gasteiger partial charge in [0.1, 0.15) is 17.1 Å². The lowest BCUT2D eigenvalue weighted by Crippen LogP contribution is -1.94. The van der Waals surface area contributed by atoms with Crippen LogP contribution in [0.2, 0.25) is 5.02 Å². The number of rotatable bonds is 1. The lowest BCUT2D eigenvalue weighted by atomic mass is 10.2. The van der Waals surface area contributed by atoms with Gasteiger partial charge in [-0.15, -0.1) is 0 Å². The van der Waals surface area contributed by atoms with E-state index in [1.165, 1.54) is 0 Å². The summed E-state index contributed by atoms with van der Waals surface area (Å²) in [5.41, 5.74) is 2.28. The molecule has 0 aliphatic rings. The molecule has 0 saturated carbocycles. The molecule has 0 fully saturated rings. The zero-order valence-corrected chi connectivity index (χ0v) is 10.4. The molecule has 2 aromatic heterocycles. The van der Waals surface area contributed by atoms with E-state index in [-0.39, 0.29) is 5.75 Å². The first-order chi connectivity index (χ1) is 8.66. The third-order valence-corrected chi connectivity index (χ3v) is 3.15. The van der Waals surface area contributed by atoms with Crippen LogP contribution in [0.25, 0.3) is 22.6 Å². The number of phenolic OH excluding ortho intramolecular Hbond substituents is 1. The Bertz CT molecular complexity index is 736. The van der Waals surface area contributed by atoms with Crippen molar-refractivity contribution < 1.29 is 5.11 Å². The van der Waals surface area contributed by atoms with Crippen molar-refractivity contribution in [3.8, 4) is 17.1 Å². The summed E-state index contributed by atoms with van der Waals surface area (Å²) < 4.78 is 1.86. The van der Waals surface area contributed by atoms with E-state index in [0.29, 0.717) is 16.4 Å². The largest absolute Gasteiger partial charge is 0.508 e. The van der Waals surface area contributed by atoms with Crippen LogP contribution in [0.3, 0.4) is 0 Å². The molecule has 0 aliphatic heterocycles. The first kappa shape index (κ1) is 11.0. The smallest absolute Gasteiger partial charge is 0.159 e. The minimum Gasteiger partial charge on any atom is -0.508 e. The first-order valence-electron chi connectivity index (χ1n) is 5.43. The van der Waals surface area contributed by atoms with Crippen LogP contribution in [0.4, 0.5) is 0 Å². The number of halogens is 1. The molecule has 18 heavy (non-hydrogen) atoms. The van der Waals surface area contributed by atoms with E-state index in [1.54, 1.807) is 24.4 Å². The SMILES string of the molecule is Cn1c(-c2cc(O)ccc2Cl)nc2cccnc21. The summed E-state index contributed by atoms with van der Waals surface area (Å²) in [4.78, 5) is 8.76. The summed E-state index contributed by atoms with van der Waals surface area (Å²) in [5, 5.41) is 10.1. The van der Waals surface area contributed by atoms with Crippen molar-refractivity contribution in [2.75, 3.05) is 0 Å². The minimum absolute atomic E-state index is 0.161. The molecule has 0 amide bonds. The number of imidazole rings is 1. The molecule has 0 spiro atoms. The van der Waals surface area contributed by atoms with E-state index >= 15 is 0 Å². The molecule has 0 radical (unpaired) electrons. The molecule has 90 valence electrons. The topological polar surface area (TPSA) is 50.9 Å². The normalized spacial score (nSPS) is 11.0. The number of aromatic hydroxyl groups is 1. The molecule has 0 aliphatic carbocycles. The maximum absolute atomic E-state index is 9.55. The maximum Gasteiger partial charge on any atom is 0.159 e. The molecule has 5 heteroatoms. The van der Waals surface area contributed by atoms with E-state index in [2.05, 4.69) is 9.97 Å². The highest BCUT2D eigenvalue weighted by Gasteiger charge is 2.13. The highest BCUT2D eigenvalue weighted by Crippen LogP contribution is 2.31. The summed E-state index contributed by atoms with van der Waals surface area (Å²) in [6.07, 6.45) is 1.72. The monoisotopic (exact) mass is 259 g/mol. The van der Waals surface area contributed by atoms with Gasteiger partial charge in [-0.3, -0.25) is 0 Å².